The van der Waals surface area contributed by atoms with Gasteiger partial charge in [0, 0.05) is 29.3 Å². The van der Waals surface area contributed by atoms with Gasteiger partial charge in [0.1, 0.15) is 0 Å². The molecule has 126 valence electrons. The van der Waals surface area contributed by atoms with Crippen molar-refractivity contribution >= 4 is 46.5 Å². The largest absolute Gasteiger partial charge is 0.370 e. The maximum absolute atomic E-state index is 5.93. The Bertz CT molecular complexity index is 806. The van der Waals surface area contributed by atoms with E-state index in [1.165, 1.54) is 22.0 Å². The number of guanidine groups is 1. The van der Waals surface area contributed by atoms with Gasteiger partial charge in [-0.1, -0.05) is 35.9 Å². The first-order valence-corrected chi connectivity index (χ1v) is 7.91. The van der Waals surface area contributed by atoms with E-state index in [4.69, 9.17) is 5.73 Å². The number of hydrogen-bond acceptors (Lipinski definition) is 1. The van der Waals surface area contributed by atoms with E-state index in [2.05, 4.69) is 46.6 Å². The standard InChI is InChI=1S/C19H22N4.HI/c1-14-8-10-16(11-9-14)23-19(20)21-12-4-5-15-13-22-18-7-3-2-6-17(15)18;/h2-3,6-11,13,22H,4-5,12H2,1H3,(H3,20,21,23);1H. The molecule has 0 unspecified atom stereocenters. The van der Waals surface area contributed by atoms with Crippen LogP contribution in [0.5, 0.6) is 0 Å². The fourth-order valence-corrected chi connectivity index (χ4v) is 2.63. The molecule has 0 aliphatic carbocycles. The molecule has 0 atom stereocenters. The second-order valence-electron chi connectivity index (χ2n) is 5.72. The van der Waals surface area contributed by atoms with Crippen LogP contribution in [0.3, 0.4) is 0 Å². The minimum atomic E-state index is 0. The van der Waals surface area contributed by atoms with Crippen molar-refractivity contribution in [2.24, 2.45) is 10.7 Å². The number of fused-ring (bicyclic) bond motifs is 1. The molecule has 24 heavy (non-hydrogen) atoms. The predicted octanol–water partition coefficient (Wildman–Crippen LogP) is 4.45. The van der Waals surface area contributed by atoms with Crippen LogP contribution in [0.2, 0.25) is 0 Å². The molecule has 3 rings (SSSR count). The van der Waals surface area contributed by atoms with Crippen LogP contribution in [0.4, 0.5) is 5.69 Å². The molecule has 4 nitrogen and oxygen atoms in total. The highest BCUT2D eigenvalue weighted by Gasteiger charge is 2.02. The lowest BCUT2D eigenvalue weighted by Crippen LogP contribution is -2.22. The SMILES string of the molecule is Cc1ccc(NC(N)=NCCCc2c[nH]c3ccccc23)cc1.I. The molecule has 1 aromatic heterocycles. The maximum atomic E-state index is 5.93. The van der Waals surface area contributed by atoms with Crippen molar-refractivity contribution in [3.05, 3.63) is 65.9 Å². The first-order chi connectivity index (χ1) is 11.2. The van der Waals surface area contributed by atoms with Gasteiger partial charge in [-0.25, -0.2) is 0 Å². The van der Waals surface area contributed by atoms with Gasteiger partial charge in [0.05, 0.1) is 0 Å². The van der Waals surface area contributed by atoms with Crippen LogP contribution in [0.1, 0.15) is 17.5 Å². The minimum Gasteiger partial charge on any atom is -0.370 e. The Morgan fingerprint density at radius 2 is 1.88 bits per heavy atom. The third kappa shape index (κ3) is 4.74. The van der Waals surface area contributed by atoms with Crippen LogP contribution < -0.4 is 11.1 Å². The van der Waals surface area contributed by atoms with Crippen molar-refractivity contribution in [2.75, 3.05) is 11.9 Å². The van der Waals surface area contributed by atoms with E-state index in [9.17, 15) is 0 Å². The monoisotopic (exact) mass is 434 g/mol. The van der Waals surface area contributed by atoms with E-state index in [-0.39, 0.29) is 24.0 Å². The Morgan fingerprint density at radius 3 is 2.67 bits per heavy atom. The first-order valence-electron chi connectivity index (χ1n) is 7.91. The average Bonchev–Trinajstić information content (AvgIpc) is 2.97. The second kappa shape index (κ2) is 8.73. The van der Waals surface area contributed by atoms with E-state index in [1.807, 2.05) is 30.3 Å². The zero-order valence-electron chi connectivity index (χ0n) is 13.8. The molecular formula is C19H23IN4. The second-order valence-corrected chi connectivity index (χ2v) is 5.72. The number of aromatic amines is 1. The lowest BCUT2D eigenvalue weighted by atomic mass is 10.1. The Labute approximate surface area is 159 Å². The lowest BCUT2D eigenvalue weighted by Gasteiger charge is -2.05. The molecule has 0 radical (unpaired) electrons. The number of halogens is 1. The molecule has 5 heteroatoms. The number of rotatable bonds is 5. The maximum Gasteiger partial charge on any atom is 0.193 e. The highest BCUT2D eigenvalue weighted by atomic mass is 127. The molecule has 3 aromatic rings. The van der Waals surface area contributed by atoms with E-state index >= 15 is 0 Å². The van der Waals surface area contributed by atoms with E-state index < -0.39 is 0 Å². The Hall–Kier alpha value is -2.02. The van der Waals surface area contributed by atoms with Crippen LogP contribution in [0.25, 0.3) is 10.9 Å². The van der Waals surface area contributed by atoms with Gasteiger partial charge in [0.15, 0.2) is 5.96 Å². The minimum absolute atomic E-state index is 0. The number of nitrogens with one attached hydrogen (secondary N) is 2. The van der Waals surface area contributed by atoms with Gasteiger partial charge in [0.25, 0.3) is 0 Å². The quantitative estimate of drug-likeness (QED) is 0.240. The molecule has 4 N–H and O–H groups in total. The zero-order valence-corrected chi connectivity index (χ0v) is 16.1. The number of aromatic nitrogens is 1. The number of benzene rings is 2. The molecule has 2 aromatic carbocycles. The highest BCUT2D eigenvalue weighted by Crippen LogP contribution is 2.18. The summed E-state index contributed by atoms with van der Waals surface area (Å²) >= 11 is 0. The van der Waals surface area contributed by atoms with Gasteiger partial charge in [0.2, 0.25) is 0 Å². The number of para-hydroxylation sites is 1. The first kappa shape index (κ1) is 18.3. The molecule has 0 fully saturated rings. The van der Waals surface area contributed by atoms with E-state index in [0.717, 1.165) is 18.5 Å². The van der Waals surface area contributed by atoms with Crippen molar-refractivity contribution in [3.63, 3.8) is 0 Å². The van der Waals surface area contributed by atoms with Gasteiger partial charge < -0.3 is 16.0 Å². The summed E-state index contributed by atoms with van der Waals surface area (Å²) in [6, 6.07) is 16.5. The molecule has 0 aliphatic rings. The number of hydrogen-bond donors (Lipinski definition) is 3. The number of aryl methyl sites for hydroxylation is 2. The molecule has 0 bridgehead atoms. The van der Waals surface area contributed by atoms with Gasteiger partial charge in [-0.3, -0.25) is 4.99 Å². The Balaban J connectivity index is 0.00000208. The summed E-state index contributed by atoms with van der Waals surface area (Å²) in [5.74, 6) is 0.466. The average molecular weight is 434 g/mol. The normalized spacial score (nSPS) is 11.3. The molecule has 1 heterocycles. The zero-order chi connectivity index (χ0) is 16.1. The van der Waals surface area contributed by atoms with Gasteiger partial charge in [-0.05, 0) is 43.5 Å². The molecule has 0 spiro atoms. The summed E-state index contributed by atoms with van der Waals surface area (Å²) in [5, 5.41) is 4.41. The van der Waals surface area contributed by atoms with Gasteiger partial charge >= 0.3 is 0 Å². The summed E-state index contributed by atoms with van der Waals surface area (Å²) < 4.78 is 0. The lowest BCUT2D eigenvalue weighted by molar-refractivity contribution is 0.836. The third-order valence-electron chi connectivity index (χ3n) is 3.89. The molecule has 0 amide bonds. The number of aliphatic imine (C=N–C) groups is 1. The van der Waals surface area contributed by atoms with Crippen molar-refractivity contribution in [1.29, 1.82) is 0 Å². The fraction of sp³-hybridized carbons (Fsp3) is 0.211. The summed E-state index contributed by atoms with van der Waals surface area (Å²) in [6.45, 7) is 2.77. The van der Waals surface area contributed by atoms with Crippen LogP contribution in [0, 0.1) is 6.92 Å². The number of anilines is 1. The van der Waals surface area contributed by atoms with Crippen molar-refractivity contribution in [2.45, 2.75) is 19.8 Å². The highest BCUT2D eigenvalue weighted by molar-refractivity contribution is 14.0. The summed E-state index contributed by atoms with van der Waals surface area (Å²) in [4.78, 5) is 7.70. The Morgan fingerprint density at radius 1 is 1.12 bits per heavy atom. The van der Waals surface area contributed by atoms with Crippen LogP contribution in [0.15, 0.2) is 59.7 Å². The smallest absolute Gasteiger partial charge is 0.193 e. The van der Waals surface area contributed by atoms with Crippen molar-refractivity contribution in [1.82, 2.24) is 4.98 Å². The number of nitrogens with zero attached hydrogens (tertiary/aromatic N) is 1. The topological polar surface area (TPSA) is 66.2 Å². The van der Waals surface area contributed by atoms with Crippen LogP contribution >= 0.6 is 24.0 Å². The number of nitrogens with two attached hydrogens (primary N) is 1. The predicted molar refractivity (Wildman–Crippen MR) is 113 cm³/mol. The molecule has 0 saturated carbocycles. The molecule has 0 saturated heterocycles. The van der Waals surface area contributed by atoms with Crippen LogP contribution in [-0.4, -0.2) is 17.5 Å². The van der Waals surface area contributed by atoms with Crippen molar-refractivity contribution < 1.29 is 0 Å². The van der Waals surface area contributed by atoms with E-state index in [1.54, 1.807) is 0 Å². The summed E-state index contributed by atoms with van der Waals surface area (Å²) in [6.07, 6.45) is 4.05. The third-order valence-corrected chi connectivity index (χ3v) is 3.89. The fourth-order valence-electron chi connectivity index (χ4n) is 2.63. The van der Waals surface area contributed by atoms with Crippen LogP contribution in [-0.2, 0) is 6.42 Å². The van der Waals surface area contributed by atoms with E-state index in [0.29, 0.717) is 12.5 Å². The van der Waals surface area contributed by atoms with Crippen molar-refractivity contribution in [3.8, 4) is 0 Å². The molecule has 0 aliphatic heterocycles. The van der Waals surface area contributed by atoms with Gasteiger partial charge in [-0.15, -0.1) is 24.0 Å². The Kier molecular flexibility index (Phi) is 6.66. The summed E-state index contributed by atoms with van der Waals surface area (Å²) in [5.41, 5.74) is 10.6. The molecular weight excluding hydrogens is 411 g/mol. The summed E-state index contributed by atoms with van der Waals surface area (Å²) in [7, 11) is 0. The van der Waals surface area contributed by atoms with Gasteiger partial charge in [-0.2, -0.15) is 0 Å². The number of H-pyrrole nitrogens is 1.